The van der Waals surface area contributed by atoms with E-state index < -0.39 is 10.0 Å². The summed E-state index contributed by atoms with van der Waals surface area (Å²) in [6.45, 7) is 6.36. The zero-order valence-electron chi connectivity index (χ0n) is 11.6. The molecule has 6 heteroatoms. The van der Waals surface area contributed by atoms with Crippen LogP contribution in [0.1, 0.15) is 30.7 Å². The second kappa shape index (κ2) is 6.14. The van der Waals surface area contributed by atoms with Crippen molar-refractivity contribution in [3.8, 4) is 0 Å². The van der Waals surface area contributed by atoms with Gasteiger partial charge in [-0.25, -0.2) is 8.42 Å². The van der Waals surface area contributed by atoms with Crippen molar-refractivity contribution in [2.45, 2.75) is 44.7 Å². The van der Waals surface area contributed by atoms with Crippen molar-refractivity contribution in [3.05, 3.63) is 15.8 Å². The molecule has 0 fully saturated rings. The van der Waals surface area contributed by atoms with Crippen LogP contribution < -0.4 is 5.32 Å². The average Bonchev–Trinajstić information content (AvgIpc) is 2.69. The predicted octanol–water partition coefficient (Wildman–Crippen LogP) is 2.19. The zero-order chi connectivity index (χ0) is 13.9. The predicted molar refractivity (Wildman–Crippen MR) is 76.5 cm³/mol. The molecule has 1 aromatic heterocycles. The van der Waals surface area contributed by atoms with Crippen LogP contribution in [0.5, 0.6) is 0 Å². The van der Waals surface area contributed by atoms with E-state index in [-0.39, 0.29) is 6.04 Å². The normalized spacial score (nSPS) is 14.1. The number of hydrogen-bond donors (Lipinski definition) is 1. The van der Waals surface area contributed by atoms with Gasteiger partial charge in [0.05, 0.1) is 0 Å². The largest absolute Gasteiger partial charge is 0.315 e. The topological polar surface area (TPSA) is 49.4 Å². The Bertz CT molecular complexity index is 494. The van der Waals surface area contributed by atoms with E-state index in [2.05, 4.69) is 5.32 Å². The molecular weight excluding hydrogens is 268 g/mol. The molecule has 0 amide bonds. The van der Waals surface area contributed by atoms with Crippen LogP contribution in [0.15, 0.2) is 10.3 Å². The van der Waals surface area contributed by atoms with E-state index in [1.807, 2.05) is 33.2 Å². The summed E-state index contributed by atoms with van der Waals surface area (Å²) in [7, 11) is 0.0930. The highest BCUT2D eigenvalue weighted by molar-refractivity contribution is 7.89. The van der Waals surface area contributed by atoms with E-state index in [4.69, 9.17) is 0 Å². The van der Waals surface area contributed by atoms with Gasteiger partial charge in [0, 0.05) is 24.5 Å². The molecule has 1 heterocycles. The molecule has 18 heavy (non-hydrogen) atoms. The van der Waals surface area contributed by atoms with Crippen LogP contribution in [0.3, 0.4) is 0 Å². The number of nitrogens with zero attached hydrogens (tertiary/aromatic N) is 1. The first-order valence-corrected chi connectivity index (χ1v) is 8.37. The molecule has 0 aromatic carbocycles. The summed E-state index contributed by atoms with van der Waals surface area (Å²) in [5.74, 6) is 0. The molecule has 0 aliphatic rings. The molecule has 0 saturated heterocycles. The Kier molecular flexibility index (Phi) is 5.33. The summed E-state index contributed by atoms with van der Waals surface area (Å²) in [6, 6.07) is 0.0109. The second-order valence-corrected chi connectivity index (χ2v) is 7.38. The van der Waals surface area contributed by atoms with Gasteiger partial charge < -0.3 is 5.32 Å². The summed E-state index contributed by atoms with van der Waals surface area (Å²) in [6.07, 6.45) is 0.806. The molecule has 1 rings (SSSR count). The van der Waals surface area contributed by atoms with Gasteiger partial charge >= 0.3 is 0 Å². The highest BCUT2D eigenvalue weighted by atomic mass is 32.2. The lowest BCUT2D eigenvalue weighted by atomic mass is 10.3. The van der Waals surface area contributed by atoms with Gasteiger partial charge in [-0.1, -0.05) is 6.92 Å². The van der Waals surface area contributed by atoms with Crippen LogP contribution in [-0.4, -0.2) is 32.9 Å². The summed E-state index contributed by atoms with van der Waals surface area (Å²) in [4.78, 5) is 1.36. The standard InChI is InChI=1S/C12H22N2O2S2/c1-6-10(3)14(5)18(15,16)12-9(2)8-17-11(12)7-13-4/h8,10,13H,6-7H2,1-5H3. The lowest BCUT2D eigenvalue weighted by molar-refractivity contribution is 0.380. The first kappa shape index (κ1) is 15.6. The third-order valence-corrected chi connectivity index (χ3v) is 6.61. The Morgan fingerprint density at radius 1 is 1.50 bits per heavy atom. The Labute approximate surface area is 114 Å². The van der Waals surface area contributed by atoms with Gasteiger partial charge in [-0.2, -0.15) is 4.31 Å². The molecule has 0 bridgehead atoms. The summed E-state index contributed by atoms with van der Waals surface area (Å²) in [5.41, 5.74) is 0.834. The molecule has 1 aromatic rings. The molecule has 1 N–H and O–H groups in total. The van der Waals surface area contributed by atoms with Crippen LogP contribution >= 0.6 is 11.3 Å². The average molecular weight is 290 g/mol. The Morgan fingerprint density at radius 2 is 2.11 bits per heavy atom. The molecule has 0 aliphatic carbocycles. The second-order valence-electron chi connectivity index (χ2n) is 4.48. The lowest BCUT2D eigenvalue weighted by Crippen LogP contribution is -2.35. The number of aryl methyl sites for hydroxylation is 1. The molecule has 0 aliphatic heterocycles. The number of rotatable bonds is 6. The van der Waals surface area contributed by atoms with Crippen molar-refractivity contribution in [1.29, 1.82) is 0 Å². The molecule has 0 saturated carbocycles. The Hall–Kier alpha value is -0.430. The van der Waals surface area contributed by atoms with E-state index in [1.165, 1.54) is 15.6 Å². The first-order valence-electron chi connectivity index (χ1n) is 6.05. The van der Waals surface area contributed by atoms with Crippen LogP contribution in [0, 0.1) is 6.92 Å². The fraction of sp³-hybridized carbons (Fsp3) is 0.667. The highest BCUT2D eigenvalue weighted by Crippen LogP contribution is 2.30. The minimum absolute atomic E-state index is 0.0109. The van der Waals surface area contributed by atoms with Crippen molar-refractivity contribution in [3.63, 3.8) is 0 Å². The van der Waals surface area contributed by atoms with E-state index in [0.717, 1.165) is 16.9 Å². The van der Waals surface area contributed by atoms with E-state index in [9.17, 15) is 8.42 Å². The minimum atomic E-state index is -3.39. The van der Waals surface area contributed by atoms with Crippen molar-refractivity contribution >= 4 is 21.4 Å². The summed E-state index contributed by atoms with van der Waals surface area (Å²) >= 11 is 1.50. The maximum atomic E-state index is 12.6. The molecule has 0 spiro atoms. The van der Waals surface area contributed by atoms with Crippen LogP contribution in [0.25, 0.3) is 0 Å². The van der Waals surface area contributed by atoms with Gasteiger partial charge in [0.1, 0.15) is 4.90 Å². The van der Waals surface area contributed by atoms with Gasteiger partial charge in [-0.05, 0) is 38.3 Å². The number of nitrogens with one attached hydrogen (secondary N) is 1. The molecule has 1 atom stereocenters. The molecular formula is C12H22N2O2S2. The van der Waals surface area contributed by atoms with E-state index in [1.54, 1.807) is 7.05 Å². The third-order valence-electron chi connectivity index (χ3n) is 3.18. The number of thiophene rings is 1. The smallest absolute Gasteiger partial charge is 0.244 e. The van der Waals surface area contributed by atoms with Crippen molar-refractivity contribution in [1.82, 2.24) is 9.62 Å². The maximum Gasteiger partial charge on any atom is 0.244 e. The van der Waals surface area contributed by atoms with Crippen LogP contribution in [0.2, 0.25) is 0 Å². The van der Waals surface area contributed by atoms with Crippen molar-refractivity contribution in [2.24, 2.45) is 0 Å². The fourth-order valence-electron chi connectivity index (χ4n) is 1.75. The third kappa shape index (κ3) is 2.93. The summed E-state index contributed by atoms with van der Waals surface area (Å²) in [5, 5.41) is 4.93. The van der Waals surface area contributed by atoms with Crippen molar-refractivity contribution < 1.29 is 8.42 Å². The Morgan fingerprint density at radius 3 is 2.61 bits per heavy atom. The molecule has 4 nitrogen and oxygen atoms in total. The van der Waals surface area contributed by atoms with Crippen LogP contribution in [-0.2, 0) is 16.6 Å². The quantitative estimate of drug-likeness (QED) is 0.874. The molecule has 104 valence electrons. The monoisotopic (exact) mass is 290 g/mol. The fourth-order valence-corrected chi connectivity index (χ4v) is 4.96. The Balaban J connectivity index is 3.23. The SMILES string of the molecule is CCC(C)N(C)S(=O)(=O)c1c(C)csc1CNC. The number of sulfonamides is 1. The van der Waals surface area contributed by atoms with E-state index in [0.29, 0.717) is 11.4 Å². The van der Waals surface area contributed by atoms with E-state index >= 15 is 0 Å². The van der Waals surface area contributed by atoms with Gasteiger partial charge in [0.2, 0.25) is 10.0 Å². The summed E-state index contributed by atoms with van der Waals surface area (Å²) < 4.78 is 26.7. The highest BCUT2D eigenvalue weighted by Gasteiger charge is 2.29. The van der Waals surface area contributed by atoms with Gasteiger partial charge in [-0.3, -0.25) is 0 Å². The van der Waals surface area contributed by atoms with Gasteiger partial charge in [-0.15, -0.1) is 11.3 Å². The van der Waals surface area contributed by atoms with Gasteiger partial charge in [0.25, 0.3) is 0 Å². The van der Waals surface area contributed by atoms with Crippen LogP contribution in [0.4, 0.5) is 0 Å². The minimum Gasteiger partial charge on any atom is -0.315 e. The number of hydrogen-bond acceptors (Lipinski definition) is 4. The molecule has 0 radical (unpaired) electrons. The van der Waals surface area contributed by atoms with Crippen molar-refractivity contribution in [2.75, 3.05) is 14.1 Å². The van der Waals surface area contributed by atoms with Gasteiger partial charge in [0.15, 0.2) is 0 Å². The first-order chi connectivity index (χ1) is 8.36. The maximum absolute atomic E-state index is 12.6. The molecule has 1 unspecified atom stereocenters. The lowest BCUT2D eigenvalue weighted by Gasteiger charge is -2.23. The zero-order valence-corrected chi connectivity index (χ0v) is 13.3.